The second kappa shape index (κ2) is 4.49. The third-order valence-electron chi connectivity index (χ3n) is 2.68. The maximum Gasteiger partial charge on any atom is 0.123 e. The Morgan fingerprint density at radius 2 is 2.25 bits per heavy atom. The predicted octanol–water partition coefficient (Wildman–Crippen LogP) is 2.06. The van der Waals surface area contributed by atoms with Gasteiger partial charge in [-0.05, 0) is 17.5 Å². The van der Waals surface area contributed by atoms with Crippen molar-refractivity contribution in [3.63, 3.8) is 0 Å². The molecule has 0 aliphatic carbocycles. The van der Waals surface area contributed by atoms with Crippen LogP contribution < -0.4 is 0 Å². The molecular weight excluding hydrogens is 200 g/mol. The molecule has 1 heterocycles. The van der Waals surface area contributed by atoms with Crippen molar-refractivity contribution in [2.24, 2.45) is 7.05 Å². The van der Waals surface area contributed by atoms with Gasteiger partial charge in [-0.3, -0.25) is 0 Å². The second-order valence-electron chi connectivity index (χ2n) is 3.97. The Morgan fingerprint density at radius 1 is 1.44 bits per heavy atom. The molecule has 0 bridgehead atoms. The molecule has 2 rings (SSSR count). The van der Waals surface area contributed by atoms with E-state index in [4.69, 9.17) is 0 Å². The summed E-state index contributed by atoms with van der Waals surface area (Å²) in [5, 5.41) is 10.1. The molecule has 1 atom stereocenters. The Labute approximate surface area is 95.4 Å². The summed E-state index contributed by atoms with van der Waals surface area (Å²) >= 11 is 0. The molecule has 1 aromatic carbocycles. The minimum absolute atomic E-state index is 0.632. The van der Waals surface area contributed by atoms with E-state index in [-0.39, 0.29) is 0 Å². The molecule has 0 fully saturated rings. The minimum Gasteiger partial charge on any atom is -0.382 e. The lowest BCUT2D eigenvalue weighted by Gasteiger charge is -2.09. The molecule has 0 aliphatic heterocycles. The molecule has 1 unspecified atom stereocenters. The van der Waals surface area contributed by atoms with E-state index in [0.29, 0.717) is 5.69 Å². The lowest BCUT2D eigenvalue weighted by atomic mass is 10.0. The topological polar surface area (TPSA) is 38.0 Å². The number of nitrogens with zero attached hydrogens (tertiary/aromatic N) is 2. The summed E-state index contributed by atoms with van der Waals surface area (Å²) in [6.45, 7) is 2.10. The van der Waals surface area contributed by atoms with Crippen LogP contribution in [0.2, 0.25) is 0 Å². The van der Waals surface area contributed by atoms with Crippen LogP contribution in [0.15, 0.2) is 36.8 Å². The fourth-order valence-corrected chi connectivity index (χ4v) is 1.73. The van der Waals surface area contributed by atoms with Gasteiger partial charge in [0, 0.05) is 13.2 Å². The van der Waals surface area contributed by atoms with Crippen LogP contribution in [-0.2, 0) is 13.5 Å². The molecule has 2 aromatic rings. The van der Waals surface area contributed by atoms with Crippen molar-refractivity contribution < 1.29 is 5.11 Å². The van der Waals surface area contributed by atoms with Gasteiger partial charge in [-0.2, -0.15) is 0 Å². The molecule has 3 nitrogen and oxygen atoms in total. The van der Waals surface area contributed by atoms with Gasteiger partial charge in [0.15, 0.2) is 0 Å². The number of aliphatic hydroxyl groups is 1. The van der Waals surface area contributed by atoms with Gasteiger partial charge in [-0.15, -0.1) is 0 Å². The van der Waals surface area contributed by atoms with E-state index in [0.717, 1.165) is 12.0 Å². The zero-order valence-electron chi connectivity index (χ0n) is 9.59. The van der Waals surface area contributed by atoms with Crippen molar-refractivity contribution in [3.8, 4) is 0 Å². The zero-order chi connectivity index (χ0) is 11.5. The van der Waals surface area contributed by atoms with Crippen LogP contribution >= 0.6 is 0 Å². The predicted molar refractivity (Wildman–Crippen MR) is 63.1 cm³/mol. The first-order valence-electron chi connectivity index (χ1n) is 5.45. The molecule has 0 radical (unpaired) electrons. The highest BCUT2D eigenvalue weighted by Gasteiger charge is 2.12. The molecule has 1 aromatic heterocycles. The van der Waals surface area contributed by atoms with E-state index in [2.05, 4.69) is 18.0 Å². The zero-order valence-corrected chi connectivity index (χ0v) is 9.59. The van der Waals surface area contributed by atoms with Crippen molar-refractivity contribution >= 4 is 0 Å². The summed E-state index contributed by atoms with van der Waals surface area (Å²) in [6, 6.07) is 7.99. The molecule has 1 N–H and O–H groups in total. The number of imidazole rings is 1. The van der Waals surface area contributed by atoms with Crippen LogP contribution in [0, 0.1) is 0 Å². The second-order valence-corrected chi connectivity index (χ2v) is 3.97. The molecule has 0 amide bonds. The maximum atomic E-state index is 10.1. The lowest BCUT2D eigenvalue weighted by Crippen LogP contribution is -2.00. The van der Waals surface area contributed by atoms with Gasteiger partial charge >= 0.3 is 0 Å². The van der Waals surface area contributed by atoms with Crippen LogP contribution in [0.4, 0.5) is 0 Å². The van der Waals surface area contributed by atoms with E-state index in [1.54, 1.807) is 6.33 Å². The van der Waals surface area contributed by atoms with Crippen molar-refractivity contribution in [1.82, 2.24) is 9.55 Å². The summed E-state index contributed by atoms with van der Waals surface area (Å²) in [6.07, 6.45) is 3.88. The van der Waals surface area contributed by atoms with Crippen LogP contribution in [0.25, 0.3) is 0 Å². The third kappa shape index (κ3) is 2.14. The highest BCUT2D eigenvalue weighted by atomic mass is 16.3. The molecule has 3 heteroatoms. The molecule has 0 spiro atoms. The number of aromatic nitrogens is 2. The number of rotatable bonds is 3. The molecule has 84 valence electrons. The Bertz CT molecular complexity index is 476. The van der Waals surface area contributed by atoms with Crippen LogP contribution in [0.3, 0.4) is 0 Å². The lowest BCUT2D eigenvalue weighted by molar-refractivity contribution is 0.215. The summed E-state index contributed by atoms with van der Waals surface area (Å²) < 4.78 is 1.84. The number of benzene rings is 1. The standard InChI is InChI=1S/C13H16N2O/c1-3-10-5-4-6-11(7-10)13(16)12-8-15(2)9-14-12/h4-9,13,16H,3H2,1-2H3. The monoisotopic (exact) mass is 216 g/mol. The van der Waals surface area contributed by atoms with Gasteiger partial charge in [0.25, 0.3) is 0 Å². The Kier molecular flexibility index (Phi) is 3.06. The highest BCUT2D eigenvalue weighted by molar-refractivity contribution is 5.29. The maximum absolute atomic E-state index is 10.1. The highest BCUT2D eigenvalue weighted by Crippen LogP contribution is 2.21. The SMILES string of the molecule is CCc1cccc(C(O)c2cn(C)cn2)c1. The van der Waals surface area contributed by atoms with Gasteiger partial charge in [0.2, 0.25) is 0 Å². The smallest absolute Gasteiger partial charge is 0.123 e. The average Bonchev–Trinajstić information content (AvgIpc) is 2.75. The third-order valence-corrected chi connectivity index (χ3v) is 2.68. The average molecular weight is 216 g/mol. The fourth-order valence-electron chi connectivity index (χ4n) is 1.73. The van der Waals surface area contributed by atoms with Crippen LogP contribution in [0.5, 0.6) is 0 Å². The van der Waals surface area contributed by atoms with Crippen LogP contribution in [-0.4, -0.2) is 14.7 Å². The quantitative estimate of drug-likeness (QED) is 0.852. The van der Waals surface area contributed by atoms with Crippen molar-refractivity contribution in [1.29, 1.82) is 0 Å². The van der Waals surface area contributed by atoms with E-state index >= 15 is 0 Å². The van der Waals surface area contributed by atoms with Crippen molar-refractivity contribution in [2.45, 2.75) is 19.4 Å². The minimum atomic E-state index is -0.632. The summed E-state index contributed by atoms with van der Waals surface area (Å²) in [5.74, 6) is 0. The first-order valence-corrected chi connectivity index (χ1v) is 5.45. The normalized spacial score (nSPS) is 12.7. The van der Waals surface area contributed by atoms with E-state index < -0.39 is 6.10 Å². The summed E-state index contributed by atoms with van der Waals surface area (Å²) in [4.78, 5) is 4.16. The van der Waals surface area contributed by atoms with Gasteiger partial charge in [-0.1, -0.05) is 31.2 Å². The number of aliphatic hydroxyl groups excluding tert-OH is 1. The number of aryl methyl sites for hydroxylation is 2. The first kappa shape index (κ1) is 10.9. The summed E-state index contributed by atoms with van der Waals surface area (Å²) in [7, 11) is 1.89. The number of hydrogen-bond donors (Lipinski definition) is 1. The molecule has 0 saturated carbocycles. The van der Waals surface area contributed by atoms with Crippen molar-refractivity contribution in [3.05, 3.63) is 53.6 Å². The van der Waals surface area contributed by atoms with Gasteiger partial charge < -0.3 is 9.67 Å². The fraction of sp³-hybridized carbons (Fsp3) is 0.308. The Hall–Kier alpha value is -1.61. The van der Waals surface area contributed by atoms with Crippen LogP contribution in [0.1, 0.15) is 29.8 Å². The van der Waals surface area contributed by atoms with E-state index in [1.807, 2.05) is 36.0 Å². The van der Waals surface area contributed by atoms with E-state index in [9.17, 15) is 5.11 Å². The van der Waals surface area contributed by atoms with E-state index in [1.165, 1.54) is 5.56 Å². The largest absolute Gasteiger partial charge is 0.382 e. The molecular formula is C13H16N2O. The molecule has 0 saturated heterocycles. The first-order chi connectivity index (χ1) is 7.70. The Balaban J connectivity index is 2.29. The Morgan fingerprint density at radius 3 is 2.88 bits per heavy atom. The van der Waals surface area contributed by atoms with Gasteiger partial charge in [-0.25, -0.2) is 4.98 Å². The molecule has 16 heavy (non-hydrogen) atoms. The van der Waals surface area contributed by atoms with Crippen molar-refractivity contribution in [2.75, 3.05) is 0 Å². The number of hydrogen-bond acceptors (Lipinski definition) is 2. The molecule has 0 aliphatic rings. The van der Waals surface area contributed by atoms with Gasteiger partial charge in [0.05, 0.1) is 12.0 Å². The van der Waals surface area contributed by atoms with Gasteiger partial charge in [0.1, 0.15) is 6.10 Å². The summed E-state index contributed by atoms with van der Waals surface area (Å²) in [5.41, 5.74) is 2.82.